The van der Waals surface area contributed by atoms with Gasteiger partial charge in [0.1, 0.15) is 0 Å². The number of halogens is 6. The van der Waals surface area contributed by atoms with Crippen molar-refractivity contribution >= 4 is 0 Å². The summed E-state index contributed by atoms with van der Waals surface area (Å²) >= 11 is 0. The maximum absolute atomic E-state index is 14.1. The van der Waals surface area contributed by atoms with Gasteiger partial charge in [0.25, 0.3) is 0 Å². The normalized spacial score (nSPS) is 14.8. The maximum atomic E-state index is 14.1. The van der Waals surface area contributed by atoms with Gasteiger partial charge in [0.05, 0.1) is 19.6 Å². The summed E-state index contributed by atoms with van der Waals surface area (Å²) < 4.78 is 79.6. The predicted molar refractivity (Wildman–Crippen MR) is 61.6 cm³/mol. The van der Waals surface area contributed by atoms with Crippen LogP contribution in [0.2, 0.25) is 0 Å². The minimum absolute atomic E-state index is 0.166. The molecule has 0 spiro atoms. The Kier molecular flexibility index (Phi) is 5.75. The van der Waals surface area contributed by atoms with Gasteiger partial charge in [-0.15, -0.1) is 8.78 Å². The molecular formula is C12H22F6N+. The number of rotatable bonds is 8. The first-order valence-electron chi connectivity index (χ1n) is 6.43. The highest BCUT2D eigenvalue weighted by molar-refractivity contribution is 4.89. The molecule has 0 amide bonds. The standard InChI is InChI=1S/C12H22F6N/c1-5-8-9-19(6-2,7-3)12(17,18)11(15,16)10(4,13)14/h5-9H2,1-4H3/q+1. The van der Waals surface area contributed by atoms with Crippen molar-refractivity contribution in [2.24, 2.45) is 0 Å². The van der Waals surface area contributed by atoms with Gasteiger partial charge < -0.3 is 0 Å². The number of alkyl halides is 6. The van der Waals surface area contributed by atoms with Crippen LogP contribution in [0.3, 0.4) is 0 Å². The second-order valence-corrected chi connectivity index (χ2v) is 4.86. The van der Waals surface area contributed by atoms with Crippen molar-refractivity contribution in [2.75, 3.05) is 19.6 Å². The topological polar surface area (TPSA) is 0 Å². The van der Waals surface area contributed by atoms with Crippen LogP contribution in [0.15, 0.2) is 0 Å². The number of hydrogen-bond donors (Lipinski definition) is 0. The van der Waals surface area contributed by atoms with E-state index in [1.165, 1.54) is 13.8 Å². The largest absolute Gasteiger partial charge is 0.461 e. The summed E-state index contributed by atoms with van der Waals surface area (Å²) in [5, 5.41) is 0. The zero-order valence-electron chi connectivity index (χ0n) is 11.8. The summed E-state index contributed by atoms with van der Waals surface area (Å²) in [7, 11) is 0. The molecular weight excluding hydrogens is 272 g/mol. The summed E-state index contributed by atoms with van der Waals surface area (Å²) in [6.07, 6.45) is 0.812. The average Bonchev–Trinajstić information content (AvgIpc) is 2.29. The number of nitrogens with zero attached hydrogens (tertiary/aromatic N) is 1. The third kappa shape index (κ3) is 3.01. The van der Waals surface area contributed by atoms with Crippen molar-refractivity contribution in [2.45, 2.75) is 58.4 Å². The van der Waals surface area contributed by atoms with Gasteiger partial charge in [0, 0.05) is 6.92 Å². The quantitative estimate of drug-likeness (QED) is 0.350. The van der Waals surface area contributed by atoms with Gasteiger partial charge in [-0.1, -0.05) is 13.3 Å². The van der Waals surface area contributed by atoms with Crippen molar-refractivity contribution < 1.29 is 30.8 Å². The van der Waals surface area contributed by atoms with Crippen molar-refractivity contribution in [3.63, 3.8) is 0 Å². The highest BCUT2D eigenvalue weighted by Gasteiger charge is 2.78. The fourth-order valence-electron chi connectivity index (χ4n) is 2.10. The number of unbranched alkanes of at least 4 members (excludes halogenated alkanes) is 1. The van der Waals surface area contributed by atoms with Gasteiger partial charge in [-0.25, -0.2) is 0 Å². The van der Waals surface area contributed by atoms with Gasteiger partial charge in [-0.05, 0) is 20.3 Å². The van der Waals surface area contributed by atoms with E-state index in [1.54, 1.807) is 6.92 Å². The zero-order valence-corrected chi connectivity index (χ0v) is 11.8. The fraction of sp³-hybridized carbons (Fsp3) is 1.00. The fourth-order valence-corrected chi connectivity index (χ4v) is 2.10. The Morgan fingerprint density at radius 1 is 0.842 bits per heavy atom. The van der Waals surface area contributed by atoms with Crippen LogP contribution in [0, 0.1) is 0 Å². The molecule has 0 saturated heterocycles. The Morgan fingerprint density at radius 3 is 1.53 bits per heavy atom. The minimum atomic E-state index is -5.38. The molecule has 0 aromatic heterocycles. The molecule has 116 valence electrons. The molecule has 0 heterocycles. The van der Waals surface area contributed by atoms with Crippen molar-refractivity contribution in [3.8, 4) is 0 Å². The van der Waals surface area contributed by atoms with Crippen LogP contribution < -0.4 is 0 Å². The van der Waals surface area contributed by atoms with Crippen LogP contribution in [0.5, 0.6) is 0 Å². The zero-order chi connectivity index (χ0) is 15.5. The van der Waals surface area contributed by atoms with Gasteiger partial charge in [0.2, 0.25) is 0 Å². The van der Waals surface area contributed by atoms with E-state index in [1.807, 2.05) is 0 Å². The Balaban J connectivity index is 5.65. The highest BCUT2D eigenvalue weighted by Crippen LogP contribution is 2.50. The number of quaternary nitrogens is 1. The summed E-state index contributed by atoms with van der Waals surface area (Å²) in [6.45, 7) is 3.30. The summed E-state index contributed by atoms with van der Waals surface area (Å²) in [4.78, 5) is 0. The SMILES string of the molecule is CCCC[N+](CC)(CC)C(F)(F)C(F)(F)C(C)(F)F. The Hall–Kier alpha value is -0.460. The van der Waals surface area contributed by atoms with Crippen LogP contribution in [-0.2, 0) is 0 Å². The molecule has 7 heteroatoms. The first-order valence-corrected chi connectivity index (χ1v) is 6.43. The molecule has 0 radical (unpaired) electrons. The summed E-state index contributed by atoms with van der Waals surface area (Å²) in [5.41, 5.74) is 0. The first-order chi connectivity index (χ1) is 8.43. The average molecular weight is 294 g/mol. The Bertz CT molecular complexity index is 280. The van der Waals surface area contributed by atoms with Gasteiger partial charge in [-0.3, -0.25) is 4.48 Å². The molecule has 0 aromatic rings. The van der Waals surface area contributed by atoms with E-state index in [9.17, 15) is 26.3 Å². The van der Waals surface area contributed by atoms with E-state index in [-0.39, 0.29) is 33.0 Å². The van der Waals surface area contributed by atoms with E-state index in [2.05, 4.69) is 0 Å². The van der Waals surface area contributed by atoms with Crippen LogP contribution >= 0.6 is 0 Å². The van der Waals surface area contributed by atoms with Crippen LogP contribution in [0.1, 0.15) is 40.5 Å². The van der Waals surface area contributed by atoms with E-state index < -0.39 is 22.4 Å². The molecule has 0 saturated carbocycles. The lowest BCUT2D eigenvalue weighted by Gasteiger charge is -2.46. The lowest BCUT2D eigenvalue weighted by atomic mass is 10.1. The molecule has 0 rings (SSSR count). The molecule has 0 N–H and O–H groups in total. The molecule has 19 heavy (non-hydrogen) atoms. The van der Waals surface area contributed by atoms with E-state index >= 15 is 0 Å². The van der Waals surface area contributed by atoms with Crippen LogP contribution in [-0.4, -0.2) is 42.0 Å². The van der Waals surface area contributed by atoms with Crippen molar-refractivity contribution in [3.05, 3.63) is 0 Å². The smallest absolute Gasteiger partial charge is 0.258 e. The molecule has 0 atom stereocenters. The lowest BCUT2D eigenvalue weighted by Crippen LogP contribution is -2.71. The second-order valence-electron chi connectivity index (χ2n) is 4.86. The lowest BCUT2D eigenvalue weighted by molar-refractivity contribution is -1.02. The van der Waals surface area contributed by atoms with Crippen molar-refractivity contribution in [1.82, 2.24) is 0 Å². The van der Waals surface area contributed by atoms with Crippen molar-refractivity contribution in [1.29, 1.82) is 0 Å². The molecule has 0 aromatic carbocycles. The molecule has 0 aliphatic rings. The first kappa shape index (κ1) is 18.5. The molecule has 1 nitrogen and oxygen atoms in total. The number of hydrogen-bond acceptors (Lipinski definition) is 0. The van der Waals surface area contributed by atoms with E-state index in [0.717, 1.165) is 0 Å². The van der Waals surface area contributed by atoms with Gasteiger partial charge in [-0.2, -0.15) is 17.6 Å². The maximum Gasteiger partial charge on any atom is 0.461 e. The molecule has 0 fully saturated rings. The third-order valence-electron chi connectivity index (χ3n) is 3.68. The van der Waals surface area contributed by atoms with Crippen LogP contribution in [0.4, 0.5) is 26.3 Å². The monoisotopic (exact) mass is 294 g/mol. The summed E-state index contributed by atoms with van der Waals surface area (Å²) in [5.74, 6) is -10.1. The van der Waals surface area contributed by atoms with E-state index in [0.29, 0.717) is 6.42 Å². The van der Waals surface area contributed by atoms with Crippen LogP contribution in [0.25, 0.3) is 0 Å². The highest BCUT2D eigenvalue weighted by atomic mass is 19.3. The van der Waals surface area contributed by atoms with Gasteiger partial charge in [0.15, 0.2) is 0 Å². The minimum Gasteiger partial charge on any atom is -0.258 e. The third-order valence-corrected chi connectivity index (χ3v) is 3.68. The molecule has 0 aliphatic heterocycles. The predicted octanol–water partition coefficient (Wildman–Crippen LogP) is 4.53. The molecule has 0 aliphatic carbocycles. The second kappa shape index (κ2) is 5.89. The molecule has 0 bridgehead atoms. The summed E-state index contributed by atoms with van der Waals surface area (Å²) in [6, 6.07) is -4.80. The van der Waals surface area contributed by atoms with Gasteiger partial charge >= 0.3 is 17.9 Å². The van der Waals surface area contributed by atoms with E-state index in [4.69, 9.17) is 0 Å². The molecule has 0 unspecified atom stereocenters. The Labute approximate surface area is 110 Å². The Morgan fingerprint density at radius 2 is 1.26 bits per heavy atom.